The van der Waals surface area contributed by atoms with Gasteiger partial charge in [0.1, 0.15) is 34.2 Å². The number of aromatic nitrogens is 1. The molecule has 0 amide bonds. The highest BCUT2D eigenvalue weighted by molar-refractivity contribution is 6.04. The Bertz CT molecular complexity index is 1150. The van der Waals surface area contributed by atoms with Crippen LogP contribution in [0.2, 0.25) is 0 Å². The Morgan fingerprint density at radius 2 is 1.92 bits per heavy atom. The molecule has 4 aromatic rings. The second-order valence-corrected chi connectivity index (χ2v) is 5.80. The third-order valence-corrected chi connectivity index (χ3v) is 4.14. The van der Waals surface area contributed by atoms with Crippen molar-refractivity contribution in [3.8, 4) is 17.2 Å². The maximum atomic E-state index is 11.9. The van der Waals surface area contributed by atoms with E-state index in [0.29, 0.717) is 39.3 Å². The molecule has 2 aromatic heterocycles. The van der Waals surface area contributed by atoms with E-state index in [1.54, 1.807) is 55.6 Å². The van der Waals surface area contributed by atoms with Crippen molar-refractivity contribution in [2.75, 3.05) is 7.11 Å². The van der Waals surface area contributed by atoms with Gasteiger partial charge in [-0.25, -0.2) is 4.79 Å². The Labute approximate surface area is 148 Å². The molecule has 4 rings (SSSR count). The Kier molecular flexibility index (Phi) is 3.73. The van der Waals surface area contributed by atoms with E-state index in [2.05, 4.69) is 4.98 Å². The van der Waals surface area contributed by atoms with Gasteiger partial charge in [-0.3, -0.25) is 4.98 Å². The molecule has 2 heterocycles. The normalized spacial score (nSPS) is 11.0. The molecular formula is C20H15NO5. The van der Waals surface area contributed by atoms with Crippen LogP contribution in [0.5, 0.6) is 17.2 Å². The molecule has 2 aromatic carbocycles. The number of methoxy groups -OCH3 is 1. The zero-order valence-electron chi connectivity index (χ0n) is 14.1. The fourth-order valence-electron chi connectivity index (χ4n) is 2.94. The SMILES string of the molecule is COC(=O)c1c(C)oc2cc(Oc3ccnc4cc(O)ccc34)ccc12. The minimum atomic E-state index is -0.435. The standard InChI is InChI=1S/C20H15NO5/c1-11-19(20(23)24-2)15-6-4-13(10-18(15)25-11)26-17-7-8-21-16-9-12(22)3-5-14(16)17/h3-10,22H,1-2H3. The summed E-state index contributed by atoms with van der Waals surface area (Å²) in [4.78, 5) is 16.1. The molecule has 0 radical (unpaired) electrons. The summed E-state index contributed by atoms with van der Waals surface area (Å²) in [6.07, 6.45) is 1.61. The minimum absolute atomic E-state index is 0.143. The van der Waals surface area contributed by atoms with E-state index in [4.69, 9.17) is 13.9 Å². The van der Waals surface area contributed by atoms with Gasteiger partial charge in [-0.05, 0) is 37.3 Å². The number of fused-ring (bicyclic) bond motifs is 2. The van der Waals surface area contributed by atoms with Gasteiger partial charge in [0.25, 0.3) is 0 Å². The van der Waals surface area contributed by atoms with Crippen molar-refractivity contribution < 1.29 is 23.8 Å². The zero-order chi connectivity index (χ0) is 18.3. The quantitative estimate of drug-likeness (QED) is 0.546. The number of ether oxygens (including phenoxy) is 2. The summed E-state index contributed by atoms with van der Waals surface area (Å²) in [5.41, 5.74) is 1.58. The first-order valence-electron chi connectivity index (χ1n) is 7.94. The van der Waals surface area contributed by atoms with Crippen LogP contribution in [0.3, 0.4) is 0 Å². The first kappa shape index (κ1) is 16.0. The fraction of sp³-hybridized carbons (Fsp3) is 0.100. The van der Waals surface area contributed by atoms with E-state index in [1.807, 2.05) is 0 Å². The molecule has 0 saturated heterocycles. The largest absolute Gasteiger partial charge is 0.508 e. The van der Waals surface area contributed by atoms with E-state index in [0.717, 1.165) is 5.39 Å². The number of aromatic hydroxyl groups is 1. The summed E-state index contributed by atoms with van der Waals surface area (Å²) >= 11 is 0. The number of phenols is 1. The number of hydrogen-bond acceptors (Lipinski definition) is 6. The van der Waals surface area contributed by atoms with Gasteiger partial charge >= 0.3 is 5.97 Å². The van der Waals surface area contributed by atoms with Crippen LogP contribution < -0.4 is 4.74 Å². The first-order chi connectivity index (χ1) is 12.6. The maximum Gasteiger partial charge on any atom is 0.342 e. The van der Waals surface area contributed by atoms with Gasteiger partial charge in [0.15, 0.2) is 0 Å². The summed E-state index contributed by atoms with van der Waals surface area (Å²) in [5, 5.41) is 11.0. The number of phenolic OH excluding ortho intramolecular Hbond substituents is 1. The molecule has 0 aliphatic heterocycles. The highest BCUT2D eigenvalue weighted by Crippen LogP contribution is 2.34. The fourth-order valence-corrected chi connectivity index (χ4v) is 2.94. The van der Waals surface area contributed by atoms with E-state index in [-0.39, 0.29) is 5.75 Å². The third kappa shape index (κ3) is 2.61. The van der Waals surface area contributed by atoms with E-state index >= 15 is 0 Å². The van der Waals surface area contributed by atoms with Gasteiger partial charge in [-0.15, -0.1) is 0 Å². The number of aryl methyl sites for hydroxylation is 1. The molecule has 0 unspecified atom stereocenters. The molecule has 130 valence electrons. The molecule has 6 heteroatoms. The van der Waals surface area contributed by atoms with Crippen LogP contribution in [0.25, 0.3) is 21.9 Å². The van der Waals surface area contributed by atoms with Crippen molar-refractivity contribution in [1.82, 2.24) is 4.98 Å². The molecule has 0 bridgehead atoms. The topological polar surface area (TPSA) is 81.8 Å². The average Bonchev–Trinajstić information content (AvgIpc) is 2.96. The predicted octanol–water partition coefficient (Wildman–Crippen LogP) is 4.57. The third-order valence-electron chi connectivity index (χ3n) is 4.14. The lowest BCUT2D eigenvalue weighted by atomic mass is 10.1. The molecule has 6 nitrogen and oxygen atoms in total. The van der Waals surface area contributed by atoms with E-state index in [9.17, 15) is 9.90 Å². The number of nitrogens with zero attached hydrogens (tertiary/aromatic N) is 1. The van der Waals surface area contributed by atoms with E-state index < -0.39 is 5.97 Å². The summed E-state index contributed by atoms with van der Waals surface area (Å²) < 4.78 is 16.5. The summed E-state index contributed by atoms with van der Waals surface area (Å²) in [6, 6.07) is 11.9. The Hall–Kier alpha value is -3.54. The molecule has 0 spiro atoms. The molecule has 0 aliphatic carbocycles. The molecule has 26 heavy (non-hydrogen) atoms. The first-order valence-corrected chi connectivity index (χ1v) is 7.94. The van der Waals surface area contributed by atoms with Crippen LogP contribution in [-0.2, 0) is 4.74 Å². The van der Waals surface area contributed by atoms with Gasteiger partial charge in [-0.1, -0.05) is 0 Å². The number of esters is 1. The molecule has 0 saturated carbocycles. The number of hydrogen-bond donors (Lipinski definition) is 1. The predicted molar refractivity (Wildman–Crippen MR) is 95.8 cm³/mol. The van der Waals surface area contributed by atoms with E-state index in [1.165, 1.54) is 7.11 Å². The van der Waals surface area contributed by atoms with Crippen molar-refractivity contribution in [1.29, 1.82) is 0 Å². The highest BCUT2D eigenvalue weighted by Gasteiger charge is 2.19. The summed E-state index contributed by atoms with van der Waals surface area (Å²) in [6.45, 7) is 1.72. The summed E-state index contributed by atoms with van der Waals surface area (Å²) in [5.74, 6) is 1.36. The number of carbonyl (C=O) groups excluding carboxylic acids is 1. The Morgan fingerprint density at radius 3 is 2.73 bits per heavy atom. The lowest BCUT2D eigenvalue weighted by Gasteiger charge is -2.08. The molecule has 1 N–H and O–H groups in total. The zero-order valence-corrected chi connectivity index (χ0v) is 14.1. The van der Waals surface area contributed by atoms with Gasteiger partial charge in [0, 0.05) is 29.1 Å². The van der Waals surface area contributed by atoms with Crippen molar-refractivity contribution in [3.05, 3.63) is 60.0 Å². The average molecular weight is 349 g/mol. The monoisotopic (exact) mass is 349 g/mol. The highest BCUT2D eigenvalue weighted by atomic mass is 16.5. The summed E-state index contributed by atoms with van der Waals surface area (Å²) in [7, 11) is 1.34. The number of rotatable bonds is 3. The molecular weight excluding hydrogens is 334 g/mol. The van der Waals surface area contributed by atoms with Gasteiger partial charge in [0.05, 0.1) is 12.6 Å². The van der Waals surface area contributed by atoms with Crippen molar-refractivity contribution in [3.63, 3.8) is 0 Å². The molecule has 0 aliphatic rings. The van der Waals surface area contributed by atoms with Gasteiger partial charge < -0.3 is 19.0 Å². The number of benzene rings is 2. The minimum Gasteiger partial charge on any atom is -0.508 e. The van der Waals surface area contributed by atoms with Crippen molar-refractivity contribution in [2.45, 2.75) is 6.92 Å². The number of pyridine rings is 1. The molecule has 0 atom stereocenters. The number of furan rings is 1. The van der Waals surface area contributed by atoms with Crippen LogP contribution in [0.1, 0.15) is 16.1 Å². The molecule has 0 fully saturated rings. The second-order valence-electron chi connectivity index (χ2n) is 5.80. The van der Waals surface area contributed by atoms with Crippen LogP contribution in [0, 0.1) is 6.92 Å². The maximum absolute atomic E-state index is 11.9. The second kappa shape index (κ2) is 6.07. The van der Waals surface area contributed by atoms with Crippen molar-refractivity contribution >= 4 is 27.8 Å². The van der Waals surface area contributed by atoms with Crippen LogP contribution in [0.15, 0.2) is 53.1 Å². The smallest absolute Gasteiger partial charge is 0.342 e. The van der Waals surface area contributed by atoms with Gasteiger partial charge in [0.2, 0.25) is 0 Å². The Morgan fingerprint density at radius 1 is 1.12 bits per heavy atom. The van der Waals surface area contributed by atoms with Crippen LogP contribution in [-0.4, -0.2) is 23.2 Å². The number of carbonyl (C=O) groups is 1. The Balaban J connectivity index is 1.76. The lowest BCUT2D eigenvalue weighted by molar-refractivity contribution is 0.0600. The van der Waals surface area contributed by atoms with Crippen LogP contribution in [0.4, 0.5) is 0 Å². The van der Waals surface area contributed by atoms with Gasteiger partial charge in [-0.2, -0.15) is 0 Å². The van der Waals surface area contributed by atoms with Crippen molar-refractivity contribution in [2.24, 2.45) is 0 Å². The van der Waals surface area contributed by atoms with Crippen LogP contribution >= 0.6 is 0 Å². The lowest BCUT2D eigenvalue weighted by Crippen LogP contribution is -2.01.